The minimum absolute atomic E-state index is 0.130. The van der Waals surface area contributed by atoms with Gasteiger partial charge >= 0.3 is 0 Å². The lowest BCUT2D eigenvalue weighted by atomic mass is 9.81. The lowest BCUT2D eigenvalue weighted by Gasteiger charge is -2.28. The van der Waals surface area contributed by atoms with Gasteiger partial charge < -0.3 is 10.4 Å². The average Bonchev–Trinajstić information content (AvgIpc) is 2.31. The van der Waals surface area contributed by atoms with Crippen molar-refractivity contribution >= 4 is 0 Å². The highest BCUT2D eigenvalue weighted by Crippen LogP contribution is 2.30. The predicted molar refractivity (Wildman–Crippen MR) is 70.6 cm³/mol. The van der Waals surface area contributed by atoms with Gasteiger partial charge in [-0.1, -0.05) is 43.5 Å². The largest absolute Gasteiger partial charge is 0.392 e. The third kappa shape index (κ3) is 3.83. The van der Waals surface area contributed by atoms with E-state index in [1.807, 2.05) is 12.1 Å². The van der Waals surface area contributed by atoms with Crippen molar-refractivity contribution in [1.82, 2.24) is 5.32 Å². The number of rotatable bonds is 6. The molecule has 17 heavy (non-hydrogen) atoms. The van der Waals surface area contributed by atoms with Gasteiger partial charge in [0.25, 0.3) is 0 Å². The van der Waals surface area contributed by atoms with E-state index >= 15 is 0 Å². The molecule has 1 saturated carbocycles. The Morgan fingerprint density at radius 1 is 1.35 bits per heavy atom. The van der Waals surface area contributed by atoms with Crippen LogP contribution in [0.4, 0.5) is 0 Å². The van der Waals surface area contributed by atoms with E-state index < -0.39 is 0 Å². The Kier molecular flexibility index (Phi) is 4.57. The molecule has 1 aromatic carbocycles. The van der Waals surface area contributed by atoms with Gasteiger partial charge in [0.05, 0.1) is 6.61 Å². The highest BCUT2D eigenvalue weighted by Gasteiger charge is 2.19. The Balaban J connectivity index is 1.75. The van der Waals surface area contributed by atoms with Crippen molar-refractivity contribution in [3.05, 3.63) is 35.4 Å². The van der Waals surface area contributed by atoms with Crippen molar-refractivity contribution < 1.29 is 5.11 Å². The molecule has 1 fully saturated rings. The van der Waals surface area contributed by atoms with E-state index in [-0.39, 0.29) is 6.61 Å². The number of hydrogen-bond acceptors (Lipinski definition) is 2. The quantitative estimate of drug-likeness (QED) is 0.792. The molecule has 1 aromatic rings. The molecule has 0 bridgehead atoms. The van der Waals surface area contributed by atoms with E-state index in [2.05, 4.69) is 24.4 Å². The second-order valence-electron chi connectivity index (χ2n) is 5.29. The summed E-state index contributed by atoms with van der Waals surface area (Å²) in [5.41, 5.74) is 2.26. The van der Waals surface area contributed by atoms with Gasteiger partial charge in [-0.15, -0.1) is 0 Å². The molecule has 0 aromatic heterocycles. The summed E-state index contributed by atoms with van der Waals surface area (Å²) in [6.45, 7) is 3.31. The second-order valence-corrected chi connectivity index (χ2v) is 5.29. The Labute approximate surface area is 104 Å². The molecule has 1 aliphatic carbocycles. The lowest BCUT2D eigenvalue weighted by Crippen LogP contribution is -2.29. The Morgan fingerprint density at radius 3 is 2.76 bits per heavy atom. The maximum atomic E-state index is 9.08. The molecule has 1 aliphatic rings. The summed E-state index contributed by atoms with van der Waals surface area (Å²) >= 11 is 0. The van der Waals surface area contributed by atoms with Crippen LogP contribution in [0.15, 0.2) is 24.3 Å². The highest BCUT2D eigenvalue weighted by molar-refractivity contribution is 5.22. The number of nitrogens with one attached hydrogen (secondary N) is 1. The fourth-order valence-corrected chi connectivity index (χ4v) is 2.44. The molecule has 2 heteroatoms. The second kappa shape index (κ2) is 6.18. The molecule has 2 rings (SSSR count). The van der Waals surface area contributed by atoms with E-state index in [0.29, 0.717) is 6.04 Å². The number of aliphatic hydroxyl groups excluding tert-OH is 1. The van der Waals surface area contributed by atoms with E-state index in [4.69, 9.17) is 5.11 Å². The topological polar surface area (TPSA) is 32.3 Å². The summed E-state index contributed by atoms with van der Waals surface area (Å²) < 4.78 is 0. The van der Waals surface area contributed by atoms with E-state index in [9.17, 15) is 0 Å². The SMILES string of the molecule is CC(CC1CCC1)NCc1cccc(CO)c1. The van der Waals surface area contributed by atoms with Crippen LogP contribution in [0.1, 0.15) is 43.7 Å². The van der Waals surface area contributed by atoms with Crippen molar-refractivity contribution in [2.24, 2.45) is 5.92 Å². The molecular weight excluding hydrogens is 210 g/mol. The fraction of sp³-hybridized carbons (Fsp3) is 0.600. The lowest BCUT2D eigenvalue weighted by molar-refractivity contribution is 0.265. The van der Waals surface area contributed by atoms with Crippen molar-refractivity contribution in [1.29, 1.82) is 0 Å². The minimum atomic E-state index is 0.130. The molecule has 0 spiro atoms. The van der Waals surface area contributed by atoms with E-state index in [1.54, 1.807) is 0 Å². The molecule has 1 atom stereocenters. The van der Waals surface area contributed by atoms with Gasteiger partial charge in [0, 0.05) is 12.6 Å². The van der Waals surface area contributed by atoms with Crippen molar-refractivity contribution in [3.8, 4) is 0 Å². The first kappa shape index (κ1) is 12.6. The normalized spacial score (nSPS) is 17.8. The van der Waals surface area contributed by atoms with Crippen molar-refractivity contribution in [2.45, 2.75) is 51.8 Å². The van der Waals surface area contributed by atoms with Crippen LogP contribution in [-0.4, -0.2) is 11.1 Å². The van der Waals surface area contributed by atoms with Gasteiger partial charge in [0.1, 0.15) is 0 Å². The average molecular weight is 233 g/mol. The smallest absolute Gasteiger partial charge is 0.0681 e. The van der Waals surface area contributed by atoms with Crippen LogP contribution in [0.25, 0.3) is 0 Å². The number of hydrogen-bond donors (Lipinski definition) is 2. The molecule has 1 unspecified atom stereocenters. The summed E-state index contributed by atoms with van der Waals surface area (Å²) in [5, 5.41) is 12.6. The fourth-order valence-electron chi connectivity index (χ4n) is 2.44. The Morgan fingerprint density at radius 2 is 2.12 bits per heavy atom. The van der Waals surface area contributed by atoms with Gasteiger partial charge in [-0.3, -0.25) is 0 Å². The first-order chi connectivity index (χ1) is 8.28. The van der Waals surface area contributed by atoms with Crippen LogP contribution < -0.4 is 5.32 Å². The molecule has 2 nitrogen and oxygen atoms in total. The van der Waals surface area contributed by atoms with Crippen molar-refractivity contribution in [2.75, 3.05) is 0 Å². The summed E-state index contributed by atoms with van der Waals surface area (Å²) in [6.07, 6.45) is 5.58. The van der Waals surface area contributed by atoms with Gasteiger partial charge in [-0.05, 0) is 30.4 Å². The molecule has 2 N–H and O–H groups in total. The standard InChI is InChI=1S/C15H23NO/c1-12(8-13-4-2-5-13)16-10-14-6-3-7-15(9-14)11-17/h3,6-7,9,12-13,16-17H,2,4-5,8,10-11H2,1H3. The first-order valence-corrected chi connectivity index (χ1v) is 6.70. The van der Waals surface area contributed by atoms with Gasteiger partial charge in [0.2, 0.25) is 0 Å². The third-order valence-electron chi connectivity index (χ3n) is 3.74. The first-order valence-electron chi connectivity index (χ1n) is 6.70. The Hall–Kier alpha value is -0.860. The van der Waals surface area contributed by atoms with Crippen LogP contribution in [-0.2, 0) is 13.2 Å². The van der Waals surface area contributed by atoms with Crippen LogP contribution in [0, 0.1) is 5.92 Å². The summed E-state index contributed by atoms with van der Waals surface area (Å²) in [5.74, 6) is 0.960. The van der Waals surface area contributed by atoms with E-state index in [1.165, 1.54) is 31.2 Å². The monoisotopic (exact) mass is 233 g/mol. The van der Waals surface area contributed by atoms with Gasteiger partial charge in [-0.25, -0.2) is 0 Å². The maximum absolute atomic E-state index is 9.08. The highest BCUT2D eigenvalue weighted by atomic mass is 16.3. The van der Waals surface area contributed by atoms with Crippen molar-refractivity contribution in [3.63, 3.8) is 0 Å². The molecule has 0 amide bonds. The molecule has 0 radical (unpaired) electrons. The van der Waals surface area contributed by atoms with Gasteiger partial charge in [-0.2, -0.15) is 0 Å². The molecular formula is C15H23NO. The van der Waals surface area contributed by atoms with E-state index in [0.717, 1.165) is 18.0 Å². The van der Waals surface area contributed by atoms with Crippen LogP contribution in [0.3, 0.4) is 0 Å². The maximum Gasteiger partial charge on any atom is 0.0681 e. The molecule has 94 valence electrons. The predicted octanol–water partition coefficient (Wildman–Crippen LogP) is 2.85. The molecule has 0 aliphatic heterocycles. The van der Waals surface area contributed by atoms with Crippen LogP contribution in [0.2, 0.25) is 0 Å². The minimum Gasteiger partial charge on any atom is -0.392 e. The van der Waals surface area contributed by atoms with Crippen LogP contribution in [0.5, 0.6) is 0 Å². The summed E-state index contributed by atoms with van der Waals surface area (Å²) in [7, 11) is 0. The summed E-state index contributed by atoms with van der Waals surface area (Å²) in [6, 6.07) is 8.75. The number of aliphatic hydroxyl groups is 1. The zero-order chi connectivity index (χ0) is 12.1. The zero-order valence-corrected chi connectivity index (χ0v) is 10.7. The van der Waals surface area contributed by atoms with Gasteiger partial charge in [0.15, 0.2) is 0 Å². The molecule has 0 heterocycles. The Bertz CT molecular complexity index is 347. The third-order valence-corrected chi connectivity index (χ3v) is 3.74. The molecule has 0 saturated heterocycles. The zero-order valence-electron chi connectivity index (χ0n) is 10.7. The number of benzene rings is 1. The van der Waals surface area contributed by atoms with Crippen LogP contribution >= 0.6 is 0 Å². The summed E-state index contributed by atoms with van der Waals surface area (Å²) in [4.78, 5) is 0.